The molecule has 3 heterocycles. The van der Waals surface area contributed by atoms with Crippen LogP contribution in [0.3, 0.4) is 0 Å². The average Bonchev–Trinajstić information content (AvgIpc) is 2.99. The number of H-pyrrole nitrogens is 1. The standard InChI is InChI=1S/C18H16N4O/c1-11-8-17(23)21-22-18(11)13-2-3-15-14(9-13)10-16(20-15)12-4-6-19-7-5-12/h2-7,9-11,20H,8H2,1H3,(H,21,23). The molecule has 1 aliphatic heterocycles. The van der Waals surface area contributed by atoms with Crippen molar-refractivity contribution in [2.75, 3.05) is 0 Å². The number of benzene rings is 1. The van der Waals surface area contributed by atoms with Crippen molar-refractivity contribution in [2.45, 2.75) is 13.3 Å². The Hall–Kier alpha value is -2.95. The van der Waals surface area contributed by atoms with Crippen molar-refractivity contribution in [1.82, 2.24) is 15.4 Å². The van der Waals surface area contributed by atoms with Crippen molar-refractivity contribution >= 4 is 22.5 Å². The second kappa shape index (κ2) is 5.35. The fourth-order valence-electron chi connectivity index (χ4n) is 2.98. The zero-order valence-corrected chi connectivity index (χ0v) is 12.7. The molecule has 1 unspecified atom stereocenters. The van der Waals surface area contributed by atoms with Crippen molar-refractivity contribution in [3.63, 3.8) is 0 Å². The van der Waals surface area contributed by atoms with Gasteiger partial charge in [0.15, 0.2) is 0 Å². The molecule has 0 saturated carbocycles. The van der Waals surface area contributed by atoms with Gasteiger partial charge < -0.3 is 4.98 Å². The number of rotatable bonds is 2. The molecule has 0 aliphatic carbocycles. The number of nitrogens with one attached hydrogen (secondary N) is 2. The first-order valence-electron chi connectivity index (χ1n) is 7.60. The minimum Gasteiger partial charge on any atom is -0.355 e. The summed E-state index contributed by atoms with van der Waals surface area (Å²) in [5.74, 6) is 0.101. The number of hydrogen-bond acceptors (Lipinski definition) is 3. The molecule has 2 N–H and O–H groups in total. The number of pyridine rings is 1. The van der Waals surface area contributed by atoms with Gasteiger partial charge in [-0.2, -0.15) is 5.10 Å². The number of hydrogen-bond donors (Lipinski definition) is 2. The fraction of sp³-hybridized carbons (Fsp3) is 0.167. The molecule has 1 atom stereocenters. The van der Waals surface area contributed by atoms with Crippen LogP contribution in [0.15, 0.2) is 53.9 Å². The average molecular weight is 304 g/mol. The van der Waals surface area contributed by atoms with Crippen LogP contribution >= 0.6 is 0 Å². The van der Waals surface area contributed by atoms with Gasteiger partial charge in [-0.15, -0.1) is 0 Å². The summed E-state index contributed by atoms with van der Waals surface area (Å²) in [5.41, 5.74) is 7.79. The maximum atomic E-state index is 11.4. The van der Waals surface area contributed by atoms with Gasteiger partial charge in [0, 0.05) is 46.9 Å². The number of nitrogens with zero attached hydrogens (tertiary/aromatic N) is 2. The first-order valence-corrected chi connectivity index (χ1v) is 7.60. The lowest BCUT2D eigenvalue weighted by atomic mass is 9.93. The number of hydrazone groups is 1. The Morgan fingerprint density at radius 2 is 1.91 bits per heavy atom. The van der Waals surface area contributed by atoms with Crippen LogP contribution < -0.4 is 5.43 Å². The van der Waals surface area contributed by atoms with Crippen molar-refractivity contribution in [1.29, 1.82) is 0 Å². The lowest BCUT2D eigenvalue weighted by molar-refractivity contribution is -0.121. The predicted molar refractivity (Wildman–Crippen MR) is 90.0 cm³/mol. The number of amides is 1. The van der Waals surface area contributed by atoms with Crippen LogP contribution in [0.1, 0.15) is 18.9 Å². The van der Waals surface area contributed by atoms with Gasteiger partial charge in [0.05, 0.1) is 5.71 Å². The molecular weight excluding hydrogens is 288 g/mol. The Balaban J connectivity index is 1.75. The van der Waals surface area contributed by atoms with E-state index in [2.05, 4.69) is 38.7 Å². The summed E-state index contributed by atoms with van der Waals surface area (Å²) in [6.07, 6.45) is 4.05. The van der Waals surface area contributed by atoms with E-state index in [0.29, 0.717) is 6.42 Å². The second-order valence-electron chi connectivity index (χ2n) is 5.86. The van der Waals surface area contributed by atoms with Crippen molar-refractivity contribution in [2.24, 2.45) is 11.0 Å². The number of aromatic nitrogens is 2. The van der Waals surface area contributed by atoms with E-state index >= 15 is 0 Å². The first kappa shape index (κ1) is 13.7. The minimum atomic E-state index is -0.0241. The fourth-order valence-corrected chi connectivity index (χ4v) is 2.98. The highest BCUT2D eigenvalue weighted by atomic mass is 16.2. The maximum Gasteiger partial charge on any atom is 0.240 e. The molecule has 0 fully saturated rings. The molecule has 5 heteroatoms. The molecular formula is C18H16N4O. The molecule has 1 aromatic carbocycles. The smallest absolute Gasteiger partial charge is 0.240 e. The Bertz CT molecular complexity index is 911. The van der Waals surface area contributed by atoms with E-state index < -0.39 is 0 Å². The molecule has 3 aromatic rings. The van der Waals surface area contributed by atoms with E-state index in [-0.39, 0.29) is 11.8 Å². The molecule has 1 amide bonds. The van der Waals surface area contributed by atoms with Crippen LogP contribution in [-0.2, 0) is 4.79 Å². The van der Waals surface area contributed by atoms with Crippen LogP contribution in [0, 0.1) is 5.92 Å². The summed E-state index contributed by atoms with van der Waals surface area (Å²) < 4.78 is 0. The predicted octanol–water partition coefficient (Wildman–Crippen LogP) is 3.09. The highest BCUT2D eigenvalue weighted by molar-refractivity contribution is 6.07. The number of carbonyl (C=O) groups is 1. The molecule has 0 bridgehead atoms. The number of aromatic amines is 1. The lowest BCUT2D eigenvalue weighted by Crippen LogP contribution is -2.31. The van der Waals surface area contributed by atoms with Crippen LogP contribution in [0.5, 0.6) is 0 Å². The van der Waals surface area contributed by atoms with Crippen molar-refractivity contribution in [3.8, 4) is 11.3 Å². The summed E-state index contributed by atoms with van der Waals surface area (Å²) in [7, 11) is 0. The van der Waals surface area contributed by atoms with Gasteiger partial charge in [-0.05, 0) is 35.9 Å². The first-order chi connectivity index (χ1) is 11.2. The largest absolute Gasteiger partial charge is 0.355 e. The van der Waals surface area contributed by atoms with Crippen molar-refractivity contribution < 1.29 is 4.79 Å². The summed E-state index contributed by atoms with van der Waals surface area (Å²) in [4.78, 5) is 18.9. The van der Waals surface area contributed by atoms with Gasteiger partial charge in [-0.1, -0.05) is 13.0 Å². The van der Waals surface area contributed by atoms with Gasteiger partial charge in [-0.25, -0.2) is 5.43 Å². The normalized spacial score (nSPS) is 17.9. The Morgan fingerprint density at radius 1 is 1.09 bits per heavy atom. The van der Waals surface area contributed by atoms with E-state index in [1.807, 2.05) is 25.1 Å². The molecule has 23 heavy (non-hydrogen) atoms. The SMILES string of the molecule is CC1CC(=O)NN=C1c1ccc2[nH]c(-c3ccncc3)cc2c1. The van der Waals surface area contributed by atoms with E-state index in [4.69, 9.17) is 0 Å². The van der Waals surface area contributed by atoms with E-state index in [9.17, 15) is 4.79 Å². The Kier molecular flexibility index (Phi) is 3.19. The molecule has 5 nitrogen and oxygen atoms in total. The molecule has 4 rings (SSSR count). The third kappa shape index (κ3) is 2.50. The Labute approximate surface area is 133 Å². The van der Waals surface area contributed by atoms with Gasteiger partial charge in [0.1, 0.15) is 0 Å². The zero-order valence-electron chi connectivity index (χ0n) is 12.7. The summed E-state index contributed by atoms with van der Waals surface area (Å²) in [5, 5.41) is 5.36. The molecule has 114 valence electrons. The van der Waals surface area contributed by atoms with E-state index in [1.165, 1.54) is 0 Å². The van der Waals surface area contributed by atoms with Gasteiger partial charge in [-0.3, -0.25) is 9.78 Å². The van der Waals surface area contributed by atoms with E-state index in [0.717, 1.165) is 33.4 Å². The second-order valence-corrected chi connectivity index (χ2v) is 5.86. The minimum absolute atomic E-state index is 0.0241. The number of carbonyl (C=O) groups excluding carboxylic acids is 1. The van der Waals surface area contributed by atoms with Gasteiger partial charge in [0.25, 0.3) is 0 Å². The van der Waals surface area contributed by atoms with Crippen LogP contribution in [0.4, 0.5) is 0 Å². The highest BCUT2D eigenvalue weighted by Gasteiger charge is 2.21. The molecule has 0 radical (unpaired) electrons. The van der Waals surface area contributed by atoms with Crippen LogP contribution in [0.2, 0.25) is 0 Å². The molecule has 1 aliphatic rings. The van der Waals surface area contributed by atoms with Crippen LogP contribution in [0.25, 0.3) is 22.2 Å². The van der Waals surface area contributed by atoms with Gasteiger partial charge >= 0.3 is 0 Å². The molecule has 0 spiro atoms. The van der Waals surface area contributed by atoms with Crippen LogP contribution in [-0.4, -0.2) is 21.6 Å². The molecule has 2 aromatic heterocycles. The molecule has 0 saturated heterocycles. The third-order valence-corrected chi connectivity index (χ3v) is 4.17. The third-order valence-electron chi connectivity index (χ3n) is 4.17. The lowest BCUT2D eigenvalue weighted by Gasteiger charge is -2.19. The van der Waals surface area contributed by atoms with Gasteiger partial charge in [0.2, 0.25) is 5.91 Å². The van der Waals surface area contributed by atoms with E-state index in [1.54, 1.807) is 12.4 Å². The maximum absolute atomic E-state index is 11.4. The monoisotopic (exact) mass is 304 g/mol. The Morgan fingerprint density at radius 3 is 2.70 bits per heavy atom. The topological polar surface area (TPSA) is 70.1 Å². The zero-order chi connectivity index (χ0) is 15.8. The summed E-state index contributed by atoms with van der Waals surface area (Å²) in [6, 6.07) is 12.3. The van der Waals surface area contributed by atoms with Crippen molar-refractivity contribution in [3.05, 3.63) is 54.4 Å². The quantitative estimate of drug-likeness (QED) is 0.764. The summed E-state index contributed by atoms with van der Waals surface area (Å²) >= 11 is 0. The summed E-state index contributed by atoms with van der Waals surface area (Å²) in [6.45, 7) is 2.03. The highest BCUT2D eigenvalue weighted by Crippen LogP contribution is 2.26. The number of fused-ring (bicyclic) bond motifs is 1.